The minimum atomic E-state index is -0.315. The molecule has 2 aromatic heterocycles. The Morgan fingerprint density at radius 1 is 1.18 bits per heavy atom. The molecule has 0 spiro atoms. The van der Waals surface area contributed by atoms with E-state index in [2.05, 4.69) is 20.9 Å². The molecule has 1 aromatic carbocycles. The van der Waals surface area contributed by atoms with Gasteiger partial charge in [0.15, 0.2) is 0 Å². The Hall–Kier alpha value is -2.88. The van der Waals surface area contributed by atoms with Gasteiger partial charge in [0.1, 0.15) is 6.04 Å². The van der Waals surface area contributed by atoms with E-state index < -0.39 is 0 Å². The number of halogens is 1. The van der Waals surface area contributed by atoms with Crippen LogP contribution in [-0.2, 0) is 11.2 Å². The van der Waals surface area contributed by atoms with Gasteiger partial charge in [0, 0.05) is 61.2 Å². The Morgan fingerprint density at radius 2 is 1.96 bits per heavy atom. The number of nitrogens with one attached hydrogen (secondary N) is 1. The number of hydrogen-bond donors (Lipinski definition) is 1. The predicted molar refractivity (Wildman–Crippen MR) is 110 cm³/mol. The summed E-state index contributed by atoms with van der Waals surface area (Å²) in [5, 5.41) is 10.7. The molecule has 0 saturated carbocycles. The van der Waals surface area contributed by atoms with E-state index in [0.717, 1.165) is 22.0 Å². The first-order valence-electron chi connectivity index (χ1n) is 9.12. The van der Waals surface area contributed by atoms with E-state index in [1.807, 2.05) is 47.5 Å². The molecule has 1 N–H and O–H groups in total. The van der Waals surface area contributed by atoms with E-state index in [0.29, 0.717) is 32.6 Å². The van der Waals surface area contributed by atoms with E-state index in [-0.39, 0.29) is 24.4 Å². The van der Waals surface area contributed by atoms with E-state index in [1.165, 1.54) is 0 Å². The first kappa shape index (κ1) is 19.9. The van der Waals surface area contributed by atoms with Crippen LogP contribution in [0.5, 0.6) is 0 Å². The zero-order chi connectivity index (χ0) is 18.6. The molecule has 28 heavy (non-hydrogen) atoms. The van der Waals surface area contributed by atoms with Crippen LogP contribution in [0.4, 0.5) is 0 Å². The van der Waals surface area contributed by atoms with Crippen molar-refractivity contribution >= 4 is 29.2 Å². The van der Waals surface area contributed by atoms with Crippen molar-refractivity contribution in [3.05, 3.63) is 66.1 Å². The second kappa shape index (κ2) is 8.87. The molecule has 144 valence electrons. The average molecular weight is 396 g/mol. The number of pyridine rings is 1. The third-order valence-electron chi connectivity index (χ3n) is 5.17. The highest BCUT2D eigenvalue weighted by Gasteiger charge is 2.27. The lowest BCUT2D eigenvalue weighted by molar-refractivity contribution is -0.132. The molecule has 3 aromatic rings. The summed E-state index contributed by atoms with van der Waals surface area (Å²) in [6, 6.07) is 13.9. The normalized spacial score (nSPS) is 15.6. The smallest absolute Gasteiger partial charge is 0.227 e. The molecular weight excluding hydrogens is 374 g/mol. The van der Waals surface area contributed by atoms with Gasteiger partial charge < -0.3 is 9.88 Å². The van der Waals surface area contributed by atoms with E-state index in [9.17, 15) is 10.1 Å². The molecule has 7 heteroatoms. The fourth-order valence-corrected chi connectivity index (χ4v) is 3.69. The van der Waals surface area contributed by atoms with Crippen molar-refractivity contribution in [1.29, 1.82) is 5.26 Å². The van der Waals surface area contributed by atoms with Crippen LogP contribution in [0.1, 0.15) is 17.2 Å². The molecule has 3 heterocycles. The first-order chi connectivity index (χ1) is 13.3. The zero-order valence-electron chi connectivity index (χ0n) is 15.4. The lowest BCUT2D eigenvalue weighted by Crippen LogP contribution is -2.49. The Kier molecular flexibility index (Phi) is 6.30. The Morgan fingerprint density at radius 3 is 2.68 bits per heavy atom. The van der Waals surface area contributed by atoms with Crippen LogP contribution >= 0.6 is 12.4 Å². The molecule has 1 aliphatic heterocycles. The summed E-state index contributed by atoms with van der Waals surface area (Å²) in [6.45, 7) is 2.65. The average Bonchev–Trinajstić information content (AvgIpc) is 3.13. The SMILES string of the molecule is Cl.N#CC(c1cccnc1)N1CCN(C(=O)Cc2c[nH]c3ccccc23)CC1. The minimum Gasteiger partial charge on any atom is -0.361 e. The van der Waals surface area contributed by atoms with Gasteiger partial charge in [-0.3, -0.25) is 14.7 Å². The highest BCUT2D eigenvalue weighted by atomic mass is 35.5. The van der Waals surface area contributed by atoms with Crippen LogP contribution in [0.3, 0.4) is 0 Å². The van der Waals surface area contributed by atoms with Gasteiger partial charge in [0.25, 0.3) is 0 Å². The Labute approximate surface area is 170 Å². The lowest BCUT2D eigenvalue weighted by Gasteiger charge is -2.37. The maximum absolute atomic E-state index is 12.7. The summed E-state index contributed by atoms with van der Waals surface area (Å²) in [5.74, 6) is 0.134. The van der Waals surface area contributed by atoms with Gasteiger partial charge in [-0.1, -0.05) is 24.3 Å². The topological polar surface area (TPSA) is 76.0 Å². The summed E-state index contributed by atoms with van der Waals surface area (Å²) in [5.41, 5.74) is 2.99. The standard InChI is InChI=1S/C21H21N5O.ClH/c22-13-20(16-4-3-7-23-14-16)25-8-10-26(11-9-25)21(27)12-17-15-24-19-6-2-1-5-18(17)19;/h1-7,14-15,20,24H,8-12H2;1H. The number of hydrogen-bond acceptors (Lipinski definition) is 4. The van der Waals surface area contributed by atoms with Crippen LogP contribution in [0.25, 0.3) is 10.9 Å². The van der Waals surface area contributed by atoms with Crippen LogP contribution in [0, 0.1) is 11.3 Å². The second-order valence-corrected chi connectivity index (χ2v) is 6.77. The molecule has 0 bridgehead atoms. The van der Waals surface area contributed by atoms with Crippen molar-refractivity contribution in [3.63, 3.8) is 0 Å². The summed E-state index contributed by atoms with van der Waals surface area (Å²) in [7, 11) is 0. The van der Waals surface area contributed by atoms with Crippen LogP contribution < -0.4 is 0 Å². The number of aromatic amines is 1. The fraction of sp³-hybridized carbons (Fsp3) is 0.286. The highest BCUT2D eigenvalue weighted by Crippen LogP contribution is 2.22. The van der Waals surface area contributed by atoms with Crippen LogP contribution in [-0.4, -0.2) is 51.9 Å². The van der Waals surface area contributed by atoms with E-state index in [1.54, 1.807) is 12.4 Å². The van der Waals surface area contributed by atoms with E-state index in [4.69, 9.17) is 0 Å². The zero-order valence-corrected chi connectivity index (χ0v) is 16.2. The van der Waals surface area contributed by atoms with Gasteiger partial charge in [-0.25, -0.2) is 0 Å². The van der Waals surface area contributed by atoms with E-state index >= 15 is 0 Å². The van der Waals surface area contributed by atoms with Gasteiger partial charge in [-0.15, -0.1) is 12.4 Å². The van der Waals surface area contributed by atoms with Gasteiger partial charge in [0.05, 0.1) is 12.5 Å². The second-order valence-electron chi connectivity index (χ2n) is 6.77. The maximum Gasteiger partial charge on any atom is 0.227 e. The van der Waals surface area contributed by atoms with Gasteiger partial charge in [0.2, 0.25) is 5.91 Å². The number of carbonyl (C=O) groups is 1. The molecule has 1 saturated heterocycles. The molecule has 1 aliphatic rings. The number of nitriles is 1. The van der Waals surface area contributed by atoms with Crippen molar-refractivity contribution < 1.29 is 4.79 Å². The van der Waals surface area contributed by atoms with Gasteiger partial charge in [-0.2, -0.15) is 5.26 Å². The van der Waals surface area contributed by atoms with Crippen molar-refractivity contribution in [2.24, 2.45) is 0 Å². The first-order valence-corrected chi connectivity index (χ1v) is 9.12. The number of benzene rings is 1. The number of H-pyrrole nitrogens is 1. The molecule has 4 rings (SSSR count). The van der Waals surface area contributed by atoms with Gasteiger partial charge >= 0.3 is 0 Å². The fourth-order valence-electron chi connectivity index (χ4n) is 3.69. The number of rotatable bonds is 4. The number of aromatic nitrogens is 2. The maximum atomic E-state index is 12.7. The number of carbonyl (C=O) groups excluding carboxylic acids is 1. The molecule has 0 aliphatic carbocycles. The summed E-state index contributed by atoms with van der Waals surface area (Å²) >= 11 is 0. The van der Waals surface area contributed by atoms with Crippen molar-refractivity contribution in [1.82, 2.24) is 19.8 Å². The molecule has 1 atom stereocenters. The molecule has 1 unspecified atom stereocenters. The van der Waals surface area contributed by atoms with Crippen molar-refractivity contribution in [2.45, 2.75) is 12.5 Å². The monoisotopic (exact) mass is 395 g/mol. The van der Waals surface area contributed by atoms with Crippen molar-refractivity contribution in [3.8, 4) is 6.07 Å². The summed E-state index contributed by atoms with van der Waals surface area (Å²) in [6.07, 6.45) is 5.77. The molecule has 1 fully saturated rings. The number of amides is 1. The number of para-hydroxylation sites is 1. The molecule has 6 nitrogen and oxygen atoms in total. The van der Waals surface area contributed by atoms with Crippen molar-refractivity contribution in [2.75, 3.05) is 26.2 Å². The predicted octanol–water partition coefficient (Wildman–Crippen LogP) is 2.94. The highest BCUT2D eigenvalue weighted by molar-refractivity contribution is 5.88. The number of nitrogens with zero attached hydrogens (tertiary/aromatic N) is 4. The lowest BCUT2D eigenvalue weighted by atomic mass is 10.1. The van der Waals surface area contributed by atoms with Gasteiger partial charge in [-0.05, 0) is 17.7 Å². The third kappa shape index (κ3) is 4.01. The molecule has 1 amide bonds. The Balaban J connectivity index is 0.00000225. The molecular formula is C21H22ClN5O. The number of piperazine rings is 1. The summed E-state index contributed by atoms with van der Waals surface area (Å²) < 4.78 is 0. The molecule has 0 radical (unpaired) electrons. The van der Waals surface area contributed by atoms with Crippen LogP contribution in [0.15, 0.2) is 55.0 Å². The quantitative estimate of drug-likeness (QED) is 0.736. The largest absolute Gasteiger partial charge is 0.361 e. The minimum absolute atomic E-state index is 0. The number of fused-ring (bicyclic) bond motifs is 1. The third-order valence-corrected chi connectivity index (χ3v) is 5.17. The Bertz CT molecular complexity index is 973. The van der Waals surface area contributed by atoms with Crippen LogP contribution in [0.2, 0.25) is 0 Å². The summed E-state index contributed by atoms with van der Waals surface area (Å²) in [4.78, 5) is 24.1.